The maximum absolute atomic E-state index is 13.5. The van der Waals surface area contributed by atoms with Gasteiger partial charge in [0.15, 0.2) is 0 Å². The van der Waals surface area contributed by atoms with Gasteiger partial charge in [0.2, 0.25) is 5.91 Å². The molecular formula is C24H36ClN3O2. The second kappa shape index (κ2) is 9.59. The minimum absolute atomic E-state index is 0.0724. The molecule has 1 N–H and O–H groups in total. The third kappa shape index (κ3) is 5.29. The highest BCUT2D eigenvalue weighted by molar-refractivity contribution is 6.20. The zero-order chi connectivity index (χ0) is 21.9. The zero-order valence-electron chi connectivity index (χ0n) is 18.8. The zero-order valence-corrected chi connectivity index (χ0v) is 19.6. The van der Waals surface area contributed by atoms with E-state index in [1.54, 1.807) is 0 Å². The highest BCUT2D eigenvalue weighted by atomic mass is 35.5. The standard InChI is InChI=1S/C24H36ClN3O2/c1-17-7-11-27(12-8-17)21-6-5-19(26-23(30)24(3,4)16-25)15-20(21)22(29)28-13-9-18(2)10-14-28/h5-6,15,17-18H,7-14,16H2,1-4H3,(H,26,30). The van der Waals surface area contributed by atoms with Gasteiger partial charge in [-0.2, -0.15) is 0 Å². The van der Waals surface area contributed by atoms with E-state index in [-0.39, 0.29) is 17.7 Å². The van der Waals surface area contributed by atoms with Gasteiger partial charge in [0.05, 0.1) is 11.0 Å². The smallest absolute Gasteiger partial charge is 0.256 e. The summed E-state index contributed by atoms with van der Waals surface area (Å²) < 4.78 is 0. The van der Waals surface area contributed by atoms with Gasteiger partial charge in [-0.1, -0.05) is 13.8 Å². The van der Waals surface area contributed by atoms with Crippen LogP contribution in [0.3, 0.4) is 0 Å². The molecule has 5 nitrogen and oxygen atoms in total. The van der Waals surface area contributed by atoms with E-state index >= 15 is 0 Å². The fraction of sp³-hybridized carbons (Fsp3) is 0.667. The van der Waals surface area contributed by atoms with Gasteiger partial charge in [0.1, 0.15) is 0 Å². The normalized spacial score (nSPS) is 19.1. The van der Waals surface area contributed by atoms with Crippen LogP contribution in [0.1, 0.15) is 63.7 Å². The molecule has 1 aromatic carbocycles. The number of halogens is 1. The van der Waals surface area contributed by atoms with E-state index in [1.807, 2.05) is 36.9 Å². The number of carbonyl (C=O) groups is 2. The summed E-state index contributed by atoms with van der Waals surface area (Å²) in [5, 5.41) is 2.96. The first-order chi connectivity index (χ1) is 14.2. The molecule has 0 aromatic heterocycles. The van der Waals surface area contributed by atoms with Gasteiger partial charge in [-0.05, 0) is 69.6 Å². The second-order valence-electron chi connectivity index (χ2n) is 9.85. The third-order valence-corrected chi connectivity index (χ3v) is 7.30. The second-order valence-corrected chi connectivity index (χ2v) is 10.1. The molecule has 6 heteroatoms. The van der Waals surface area contributed by atoms with Gasteiger partial charge in [0.25, 0.3) is 5.91 Å². The van der Waals surface area contributed by atoms with Crippen LogP contribution in [0.5, 0.6) is 0 Å². The number of nitrogens with one attached hydrogen (secondary N) is 1. The summed E-state index contributed by atoms with van der Waals surface area (Å²) in [4.78, 5) is 30.4. The van der Waals surface area contributed by atoms with Crippen molar-refractivity contribution >= 4 is 34.8 Å². The summed E-state index contributed by atoms with van der Waals surface area (Å²) in [5.74, 6) is 1.56. The minimum Gasteiger partial charge on any atom is -0.371 e. The summed E-state index contributed by atoms with van der Waals surface area (Å²) >= 11 is 5.96. The molecule has 3 rings (SSSR count). The van der Waals surface area contributed by atoms with Crippen molar-refractivity contribution in [3.05, 3.63) is 23.8 Å². The first-order valence-electron chi connectivity index (χ1n) is 11.3. The molecule has 0 unspecified atom stereocenters. The fourth-order valence-corrected chi connectivity index (χ4v) is 4.17. The lowest BCUT2D eigenvalue weighted by atomic mass is 9.94. The SMILES string of the molecule is CC1CCN(C(=O)c2cc(NC(=O)C(C)(C)CCl)ccc2N2CCC(C)CC2)CC1. The number of hydrogen-bond acceptors (Lipinski definition) is 3. The van der Waals surface area contributed by atoms with Crippen LogP contribution in [-0.4, -0.2) is 48.8 Å². The van der Waals surface area contributed by atoms with Crippen molar-refractivity contribution in [3.63, 3.8) is 0 Å². The Morgan fingerprint density at radius 2 is 1.60 bits per heavy atom. The third-order valence-electron chi connectivity index (χ3n) is 6.63. The Kier molecular flexibility index (Phi) is 7.33. The number of likely N-dealkylation sites (tertiary alicyclic amines) is 1. The highest BCUT2D eigenvalue weighted by Gasteiger charge is 2.29. The molecule has 2 heterocycles. The van der Waals surface area contributed by atoms with Gasteiger partial charge in [0, 0.05) is 43.4 Å². The molecule has 0 bridgehead atoms. The summed E-state index contributed by atoms with van der Waals surface area (Å²) in [6.07, 6.45) is 4.36. The van der Waals surface area contributed by atoms with Crippen molar-refractivity contribution in [3.8, 4) is 0 Å². The number of anilines is 2. The molecule has 2 amide bonds. The molecule has 166 valence electrons. The van der Waals surface area contributed by atoms with E-state index < -0.39 is 5.41 Å². The van der Waals surface area contributed by atoms with E-state index in [0.29, 0.717) is 17.2 Å². The van der Waals surface area contributed by atoms with Crippen LogP contribution in [0.4, 0.5) is 11.4 Å². The van der Waals surface area contributed by atoms with Gasteiger partial charge in [-0.25, -0.2) is 0 Å². The summed E-state index contributed by atoms with van der Waals surface area (Å²) in [6, 6.07) is 5.76. The molecule has 1 aromatic rings. The number of rotatable bonds is 5. The Hall–Kier alpha value is -1.75. The van der Waals surface area contributed by atoms with E-state index in [0.717, 1.165) is 63.5 Å². The van der Waals surface area contributed by atoms with Gasteiger partial charge < -0.3 is 15.1 Å². The van der Waals surface area contributed by atoms with Crippen LogP contribution >= 0.6 is 11.6 Å². The van der Waals surface area contributed by atoms with Crippen molar-refractivity contribution in [1.82, 2.24) is 4.90 Å². The van der Waals surface area contributed by atoms with E-state index in [9.17, 15) is 9.59 Å². The monoisotopic (exact) mass is 433 g/mol. The average Bonchev–Trinajstić information content (AvgIpc) is 2.74. The lowest BCUT2D eigenvalue weighted by molar-refractivity contribution is -0.122. The minimum atomic E-state index is -0.670. The van der Waals surface area contributed by atoms with Crippen LogP contribution in [0.15, 0.2) is 18.2 Å². The molecule has 30 heavy (non-hydrogen) atoms. The van der Waals surface area contributed by atoms with Gasteiger partial charge in [-0.3, -0.25) is 9.59 Å². The molecule has 2 aliphatic heterocycles. The first kappa shape index (κ1) is 22.9. The fourth-order valence-electron chi connectivity index (χ4n) is 4.05. The van der Waals surface area contributed by atoms with Gasteiger partial charge >= 0.3 is 0 Å². The average molecular weight is 434 g/mol. The molecule has 2 fully saturated rings. The molecule has 0 saturated carbocycles. The lowest BCUT2D eigenvalue weighted by Gasteiger charge is -2.35. The maximum Gasteiger partial charge on any atom is 0.256 e. The Bertz CT molecular complexity index is 764. The summed E-state index contributed by atoms with van der Waals surface area (Å²) in [5.41, 5.74) is 1.66. The number of hydrogen-bond donors (Lipinski definition) is 1. The van der Waals surface area contributed by atoms with Crippen LogP contribution in [-0.2, 0) is 4.79 Å². The van der Waals surface area contributed by atoms with E-state index in [2.05, 4.69) is 24.1 Å². The lowest BCUT2D eigenvalue weighted by Crippen LogP contribution is -2.40. The predicted octanol–water partition coefficient (Wildman–Crippen LogP) is 5.00. The van der Waals surface area contributed by atoms with Crippen LogP contribution in [0.25, 0.3) is 0 Å². The maximum atomic E-state index is 13.5. The quantitative estimate of drug-likeness (QED) is 0.665. The van der Waals surface area contributed by atoms with Gasteiger partial charge in [-0.15, -0.1) is 11.6 Å². The summed E-state index contributed by atoms with van der Waals surface area (Å²) in [6.45, 7) is 11.7. The number of piperidine rings is 2. The van der Waals surface area contributed by atoms with Crippen molar-refractivity contribution < 1.29 is 9.59 Å². The number of carbonyl (C=O) groups excluding carboxylic acids is 2. The molecule has 0 atom stereocenters. The first-order valence-corrected chi connectivity index (χ1v) is 11.8. The van der Waals surface area contributed by atoms with Crippen molar-refractivity contribution in [2.45, 2.75) is 53.4 Å². The van der Waals surface area contributed by atoms with Crippen molar-refractivity contribution in [2.24, 2.45) is 17.3 Å². The van der Waals surface area contributed by atoms with Crippen LogP contribution in [0.2, 0.25) is 0 Å². The largest absolute Gasteiger partial charge is 0.371 e. The van der Waals surface area contributed by atoms with Crippen LogP contribution in [0, 0.1) is 17.3 Å². The Balaban J connectivity index is 1.88. The topological polar surface area (TPSA) is 52.7 Å². The highest BCUT2D eigenvalue weighted by Crippen LogP contribution is 2.31. The molecule has 0 aliphatic carbocycles. The molecule has 2 aliphatic rings. The number of amides is 2. The number of nitrogens with zero attached hydrogens (tertiary/aromatic N) is 2. The Labute approximate surface area is 186 Å². The van der Waals surface area contributed by atoms with E-state index in [1.165, 1.54) is 0 Å². The molecule has 0 radical (unpaired) electrons. The van der Waals surface area contributed by atoms with E-state index in [4.69, 9.17) is 11.6 Å². The Morgan fingerprint density at radius 3 is 2.17 bits per heavy atom. The molecule has 2 saturated heterocycles. The van der Waals surface area contributed by atoms with Crippen LogP contribution < -0.4 is 10.2 Å². The number of benzene rings is 1. The Morgan fingerprint density at radius 1 is 1.03 bits per heavy atom. The predicted molar refractivity (Wildman–Crippen MR) is 124 cm³/mol. The molecule has 0 spiro atoms. The van der Waals surface area contributed by atoms with Crippen molar-refractivity contribution in [1.29, 1.82) is 0 Å². The van der Waals surface area contributed by atoms with Crippen molar-refractivity contribution in [2.75, 3.05) is 42.3 Å². The summed E-state index contributed by atoms with van der Waals surface area (Å²) in [7, 11) is 0. The molecular weight excluding hydrogens is 398 g/mol. The number of alkyl halides is 1.